The van der Waals surface area contributed by atoms with Gasteiger partial charge in [0.05, 0.1) is 13.2 Å². The molecule has 0 heterocycles. The Morgan fingerprint density at radius 1 is 0.432 bits per heavy atom. The standard InChI is InChI=1S/C61H113O12P/c1-3-5-7-9-11-13-15-17-19-21-23-25-27-29-31-33-35-37-39-41-43-45-47-49-51-70-52-54(53-71-74(68,69)73-61-59(66)57(64)56(63)58(65)60(61)67)72-55(62)50-48-46-44-42-40-38-36-34-32-30-28-26-24-22-20-18-16-14-12-10-8-6-4-2/h15-18,21-24,54,56-61,63-67H,3-14,19-20,25-53H2,1-2H3,(H,68,69)/b17-15-,18-16-,23-21-,24-22-. The van der Waals surface area contributed by atoms with E-state index in [9.17, 15) is 39.8 Å². The van der Waals surface area contributed by atoms with Crippen molar-refractivity contribution in [3.8, 4) is 0 Å². The van der Waals surface area contributed by atoms with Gasteiger partial charge in [-0.1, -0.05) is 236 Å². The van der Waals surface area contributed by atoms with Gasteiger partial charge >= 0.3 is 13.8 Å². The number of rotatable bonds is 53. The molecule has 12 nitrogen and oxygen atoms in total. The smallest absolute Gasteiger partial charge is 0.457 e. The van der Waals surface area contributed by atoms with E-state index in [1.54, 1.807) is 0 Å². The molecule has 1 fully saturated rings. The van der Waals surface area contributed by atoms with Crippen LogP contribution in [-0.4, -0.2) is 98.9 Å². The van der Waals surface area contributed by atoms with E-state index in [-0.39, 0.29) is 13.0 Å². The Morgan fingerprint density at radius 2 is 0.757 bits per heavy atom. The number of carbonyl (C=O) groups is 1. The van der Waals surface area contributed by atoms with E-state index in [4.69, 9.17) is 18.5 Å². The van der Waals surface area contributed by atoms with Crippen LogP contribution in [0, 0.1) is 0 Å². The predicted octanol–water partition coefficient (Wildman–Crippen LogP) is 15.1. The van der Waals surface area contributed by atoms with Gasteiger partial charge in [-0.2, -0.15) is 0 Å². The summed E-state index contributed by atoms with van der Waals surface area (Å²) in [4.78, 5) is 23.4. The van der Waals surface area contributed by atoms with Crippen molar-refractivity contribution >= 4 is 13.8 Å². The molecule has 0 spiro atoms. The first-order valence-corrected chi connectivity index (χ1v) is 32.0. The van der Waals surface area contributed by atoms with Crippen LogP contribution < -0.4 is 0 Å². The summed E-state index contributed by atoms with van der Waals surface area (Å²) in [6.07, 6.45) is 53.2. The molecule has 74 heavy (non-hydrogen) atoms. The highest BCUT2D eigenvalue weighted by Crippen LogP contribution is 2.47. The zero-order valence-electron chi connectivity index (χ0n) is 47.1. The van der Waals surface area contributed by atoms with Gasteiger partial charge in [0.25, 0.3) is 0 Å². The third-order valence-electron chi connectivity index (χ3n) is 14.2. The average molecular weight is 1070 g/mol. The van der Waals surface area contributed by atoms with Crippen molar-refractivity contribution in [1.29, 1.82) is 0 Å². The quantitative estimate of drug-likeness (QED) is 0.0146. The Kier molecular flexibility index (Phi) is 48.3. The maximum atomic E-state index is 12.9. The zero-order chi connectivity index (χ0) is 54.0. The second kappa shape index (κ2) is 50.8. The summed E-state index contributed by atoms with van der Waals surface area (Å²) in [6, 6.07) is 0. The van der Waals surface area contributed by atoms with Gasteiger partial charge in [0.15, 0.2) is 0 Å². The van der Waals surface area contributed by atoms with Crippen molar-refractivity contribution in [2.24, 2.45) is 0 Å². The lowest BCUT2D eigenvalue weighted by atomic mass is 9.85. The normalized spacial score (nSPS) is 20.7. The Balaban J connectivity index is 2.26. The number of phosphoric acid groups is 1. The first kappa shape index (κ1) is 70.3. The van der Waals surface area contributed by atoms with Crippen LogP contribution in [0.2, 0.25) is 0 Å². The van der Waals surface area contributed by atoms with Crippen LogP contribution in [0.3, 0.4) is 0 Å². The Morgan fingerprint density at radius 3 is 1.14 bits per heavy atom. The maximum absolute atomic E-state index is 12.9. The van der Waals surface area contributed by atoms with E-state index >= 15 is 0 Å². The van der Waals surface area contributed by atoms with E-state index in [1.165, 1.54) is 193 Å². The molecule has 0 radical (unpaired) electrons. The van der Waals surface area contributed by atoms with Gasteiger partial charge in [-0.3, -0.25) is 13.8 Å². The molecule has 6 atom stereocenters. The molecule has 434 valence electrons. The molecule has 1 aliphatic carbocycles. The minimum atomic E-state index is -5.03. The number of phosphoric ester groups is 1. The van der Waals surface area contributed by atoms with Gasteiger partial charge < -0.3 is 39.9 Å². The number of allylic oxidation sites excluding steroid dienone is 8. The summed E-state index contributed by atoms with van der Waals surface area (Å²) in [5.41, 5.74) is 0. The van der Waals surface area contributed by atoms with Crippen molar-refractivity contribution in [3.05, 3.63) is 48.6 Å². The minimum Gasteiger partial charge on any atom is -0.457 e. The number of carbonyl (C=O) groups excluding carboxylic acids is 1. The number of aliphatic hydroxyl groups is 5. The fraction of sp³-hybridized carbons (Fsp3) is 0.852. The summed E-state index contributed by atoms with van der Waals surface area (Å²) in [6.45, 7) is 4.28. The summed E-state index contributed by atoms with van der Waals surface area (Å²) in [5, 5.41) is 50.5. The van der Waals surface area contributed by atoms with E-state index in [0.29, 0.717) is 13.0 Å². The average Bonchev–Trinajstić information content (AvgIpc) is 3.39. The maximum Gasteiger partial charge on any atom is 0.472 e. The molecule has 0 aromatic heterocycles. The number of esters is 1. The number of hydrogen-bond acceptors (Lipinski definition) is 11. The number of unbranched alkanes of at least 4 members (excludes halogenated alkanes) is 33. The Hall–Kier alpha value is -1.70. The van der Waals surface area contributed by atoms with Crippen LogP contribution in [-0.2, 0) is 27.9 Å². The van der Waals surface area contributed by atoms with Crippen LogP contribution in [0.25, 0.3) is 0 Å². The molecular formula is C61H113O12P. The molecule has 1 saturated carbocycles. The van der Waals surface area contributed by atoms with Crippen molar-refractivity contribution in [2.45, 2.75) is 313 Å². The summed E-state index contributed by atoms with van der Waals surface area (Å²) in [5.74, 6) is -0.477. The van der Waals surface area contributed by atoms with Gasteiger partial charge in [0.1, 0.15) is 42.7 Å². The number of ether oxygens (including phenoxy) is 2. The van der Waals surface area contributed by atoms with E-state index in [0.717, 1.165) is 51.4 Å². The first-order valence-electron chi connectivity index (χ1n) is 30.5. The van der Waals surface area contributed by atoms with Crippen LogP contribution in [0.1, 0.15) is 271 Å². The molecule has 1 aliphatic rings. The molecule has 0 aliphatic heterocycles. The largest absolute Gasteiger partial charge is 0.472 e. The van der Waals surface area contributed by atoms with Gasteiger partial charge in [0, 0.05) is 13.0 Å². The molecule has 0 amide bonds. The molecule has 0 saturated heterocycles. The van der Waals surface area contributed by atoms with E-state index in [2.05, 4.69) is 62.5 Å². The minimum absolute atomic E-state index is 0.0774. The molecule has 6 N–H and O–H groups in total. The van der Waals surface area contributed by atoms with E-state index in [1.807, 2.05) is 0 Å². The molecule has 6 unspecified atom stereocenters. The fourth-order valence-corrected chi connectivity index (χ4v) is 10.3. The van der Waals surface area contributed by atoms with Gasteiger partial charge in [-0.15, -0.1) is 0 Å². The highest BCUT2D eigenvalue weighted by atomic mass is 31.2. The lowest BCUT2D eigenvalue weighted by Crippen LogP contribution is -2.64. The third-order valence-corrected chi connectivity index (χ3v) is 15.2. The Labute approximate surface area is 452 Å². The van der Waals surface area contributed by atoms with Gasteiger partial charge in [0.2, 0.25) is 0 Å². The van der Waals surface area contributed by atoms with Crippen molar-refractivity contribution in [1.82, 2.24) is 0 Å². The first-order chi connectivity index (χ1) is 36.0. The highest BCUT2D eigenvalue weighted by molar-refractivity contribution is 7.47. The summed E-state index contributed by atoms with van der Waals surface area (Å²) >= 11 is 0. The molecular weight excluding hydrogens is 956 g/mol. The monoisotopic (exact) mass is 1070 g/mol. The summed E-state index contributed by atoms with van der Waals surface area (Å²) < 4.78 is 34.5. The highest BCUT2D eigenvalue weighted by Gasteiger charge is 2.51. The third kappa shape index (κ3) is 41.4. The topological polar surface area (TPSA) is 192 Å². The van der Waals surface area contributed by atoms with Crippen molar-refractivity contribution in [3.63, 3.8) is 0 Å². The number of hydrogen-bond donors (Lipinski definition) is 6. The second-order valence-electron chi connectivity index (χ2n) is 21.2. The van der Waals surface area contributed by atoms with Crippen molar-refractivity contribution in [2.75, 3.05) is 19.8 Å². The molecule has 0 aromatic rings. The van der Waals surface area contributed by atoms with Crippen LogP contribution in [0.5, 0.6) is 0 Å². The Bertz CT molecular complexity index is 1410. The van der Waals surface area contributed by atoms with Crippen molar-refractivity contribution < 1.29 is 58.3 Å². The SMILES string of the molecule is CCCCCCC/C=C\C/C=C\CCCCCCCCCCCCCCOCC(COP(=O)(O)OC1C(O)C(O)C(O)C(O)C1O)OC(=O)CCCCCCCCCCCCC/C=C\C/C=C\CCCCCCC. The second-order valence-corrected chi connectivity index (χ2v) is 22.6. The lowest BCUT2D eigenvalue weighted by molar-refractivity contribution is -0.220. The van der Waals surface area contributed by atoms with Crippen LogP contribution in [0.15, 0.2) is 48.6 Å². The predicted molar refractivity (Wildman–Crippen MR) is 304 cm³/mol. The molecule has 0 bridgehead atoms. The van der Waals surface area contributed by atoms with E-state index < -0.39 is 63.1 Å². The van der Waals surface area contributed by atoms with Gasteiger partial charge in [-0.05, 0) is 77.0 Å². The summed E-state index contributed by atoms with van der Waals surface area (Å²) in [7, 11) is -5.03. The van der Waals surface area contributed by atoms with Crippen LogP contribution >= 0.6 is 7.82 Å². The lowest BCUT2D eigenvalue weighted by Gasteiger charge is -2.41. The number of aliphatic hydroxyl groups excluding tert-OH is 5. The zero-order valence-corrected chi connectivity index (χ0v) is 48.0. The molecule has 0 aromatic carbocycles. The molecule has 13 heteroatoms. The van der Waals surface area contributed by atoms with Crippen LogP contribution in [0.4, 0.5) is 0 Å². The van der Waals surface area contributed by atoms with Gasteiger partial charge in [-0.25, -0.2) is 4.57 Å². The molecule has 1 rings (SSSR count). The fourth-order valence-electron chi connectivity index (χ4n) is 9.36.